The van der Waals surface area contributed by atoms with E-state index in [-0.39, 0.29) is 12.1 Å². The number of nitrogens with one attached hydrogen (secondary N) is 1. The van der Waals surface area contributed by atoms with E-state index < -0.39 is 29.0 Å². The maximum Gasteiger partial charge on any atom is 0.416 e. The van der Waals surface area contributed by atoms with Gasteiger partial charge in [-0.25, -0.2) is 0 Å². The van der Waals surface area contributed by atoms with Crippen LogP contribution in [-0.4, -0.2) is 17.0 Å². The molecule has 0 bridgehead atoms. The molecule has 0 atom stereocenters. The molecule has 1 saturated carbocycles. The number of hydrogen-bond donors (Lipinski definition) is 2. The quantitative estimate of drug-likeness (QED) is 0.892. The van der Waals surface area contributed by atoms with Crippen molar-refractivity contribution in [1.82, 2.24) is 0 Å². The molecule has 4 nitrogen and oxygen atoms in total. The number of benzene rings is 1. The molecule has 0 radical (unpaired) electrons. The molecular formula is C15H16F3NO3. The van der Waals surface area contributed by atoms with E-state index in [4.69, 9.17) is 0 Å². The number of amides is 1. The lowest BCUT2D eigenvalue weighted by Crippen LogP contribution is -2.41. The molecule has 1 aliphatic rings. The standard InChI is InChI=1S/C15H16F3NO3/c1-9-3-4-10(15(16,17)18)7-11(9)19-12(20)8-14(13(21)22)5-2-6-14/h3-4,7H,2,5-6,8H2,1H3,(H,19,20)(H,21,22). The van der Waals surface area contributed by atoms with Gasteiger partial charge in [0.25, 0.3) is 0 Å². The summed E-state index contributed by atoms with van der Waals surface area (Å²) < 4.78 is 38.1. The van der Waals surface area contributed by atoms with Gasteiger partial charge in [-0.3, -0.25) is 9.59 Å². The first kappa shape index (κ1) is 16.3. The van der Waals surface area contributed by atoms with E-state index in [0.29, 0.717) is 18.4 Å². The van der Waals surface area contributed by atoms with E-state index in [0.717, 1.165) is 18.6 Å². The summed E-state index contributed by atoms with van der Waals surface area (Å²) in [5, 5.41) is 11.6. The van der Waals surface area contributed by atoms with Gasteiger partial charge in [-0.15, -0.1) is 0 Å². The number of halogens is 3. The lowest BCUT2D eigenvalue weighted by molar-refractivity contribution is -0.157. The Morgan fingerprint density at radius 3 is 2.41 bits per heavy atom. The van der Waals surface area contributed by atoms with Crippen molar-refractivity contribution in [2.45, 2.75) is 38.8 Å². The van der Waals surface area contributed by atoms with Crippen LogP contribution in [0, 0.1) is 12.3 Å². The molecule has 1 amide bonds. The zero-order valence-electron chi connectivity index (χ0n) is 12.0. The topological polar surface area (TPSA) is 66.4 Å². The monoisotopic (exact) mass is 315 g/mol. The number of aryl methyl sites for hydroxylation is 1. The third kappa shape index (κ3) is 3.23. The number of anilines is 1. The van der Waals surface area contributed by atoms with Crippen LogP contribution in [-0.2, 0) is 15.8 Å². The predicted molar refractivity (Wildman–Crippen MR) is 73.3 cm³/mol. The Hall–Kier alpha value is -2.05. The smallest absolute Gasteiger partial charge is 0.416 e. The third-order valence-electron chi connectivity index (χ3n) is 4.10. The normalized spacial score (nSPS) is 16.7. The summed E-state index contributed by atoms with van der Waals surface area (Å²) in [6.07, 6.45) is -3.15. The van der Waals surface area contributed by atoms with Crippen molar-refractivity contribution in [3.8, 4) is 0 Å². The fourth-order valence-electron chi connectivity index (χ4n) is 2.50. The van der Waals surface area contributed by atoms with Gasteiger partial charge in [0.15, 0.2) is 0 Å². The van der Waals surface area contributed by atoms with Crippen LogP contribution in [0.3, 0.4) is 0 Å². The van der Waals surface area contributed by atoms with E-state index >= 15 is 0 Å². The first-order valence-corrected chi connectivity index (χ1v) is 6.85. The molecule has 22 heavy (non-hydrogen) atoms. The minimum Gasteiger partial charge on any atom is -0.481 e. The molecule has 1 aromatic rings. The molecule has 0 saturated heterocycles. The van der Waals surface area contributed by atoms with Crippen LogP contribution in [0.4, 0.5) is 18.9 Å². The highest BCUT2D eigenvalue weighted by Gasteiger charge is 2.46. The summed E-state index contributed by atoms with van der Waals surface area (Å²) in [7, 11) is 0. The van der Waals surface area contributed by atoms with Crippen molar-refractivity contribution >= 4 is 17.6 Å². The van der Waals surface area contributed by atoms with Crippen molar-refractivity contribution < 1.29 is 27.9 Å². The number of carboxylic acid groups (broad SMARTS) is 1. The molecule has 0 unspecified atom stereocenters. The average molecular weight is 315 g/mol. The van der Waals surface area contributed by atoms with E-state index in [2.05, 4.69) is 5.32 Å². The Balaban J connectivity index is 2.13. The molecule has 2 rings (SSSR count). The maximum atomic E-state index is 12.7. The Kier molecular flexibility index (Phi) is 4.17. The highest BCUT2D eigenvalue weighted by atomic mass is 19.4. The van der Waals surface area contributed by atoms with Gasteiger partial charge in [0.1, 0.15) is 0 Å². The number of rotatable bonds is 4. The van der Waals surface area contributed by atoms with Crippen LogP contribution in [0.1, 0.15) is 36.8 Å². The second kappa shape index (κ2) is 5.62. The van der Waals surface area contributed by atoms with E-state index in [9.17, 15) is 27.9 Å². The van der Waals surface area contributed by atoms with Crippen molar-refractivity contribution in [3.05, 3.63) is 29.3 Å². The number of aliphatic carboxylic acids is 1. The molecule has 0 aliphatic heterocycles. The van der Waals surface area contributed by atoms with E-state index in [1.165, 1.54) is 6.07 Å². The fourth-order valence-corrected chi connectivity index (χ4v) is 2.50. The zero-order valence-corrected chi connectivity index (χ0v) is 12.0. The average Bonchev–Trinajstić information content (AvgIpc) is 2.34. The van der Waals surface area contributed by atoms with Crippen LogP contribution < -0.4 is 5.32 Å². The van der Waals surface area contributed by atoms with Crippen molar-refractivity contribution in [2.75, 3.05) is 5.32 Å². The number of carbonyl (C=O) groups is 2. The summed E-state index contributed by atoms with van der Waals surface area (Å²) in [6.45, 7) is 1.58. The fraction of sp³-hybridized carbons (Fsp3) is 0.467. The molecule has 1 fully saturated rings. The second-order valence-electron chi connectivity index (χ2n) is 5.69. The van der Waals surface area contributed by atoms with Crippen LogP contribution in [0.15, 0.2) is 18.2 Å². The van der Waals surface area contributed by atoms with Gasteiger partial charge >= 0.3 is 12.1 Å². The van der Waals surface area contributed by atoms with E-state index in [1.54, 1.807) is 6.92 Å². The zero-order chi connectivity index (χ0) is 16.5. The Labute approximate surface area is 125 Å². The summed E-state index contributed by atoms with van der Waals surface area (Å²) >= 11 is 0. The molecule has 1 aromatic carbocycles. The molecule has 120 valence electrons. The lowest BCUT2D eigenvalue weighted by atomic mass is 9.66. The number of hydrogen-bond acceptors (Lipinski definition) is 2. The summed E-state index contributed by atoms with van der Waals surface area (Å²) in [5.41, 5.74) is -1.39. The van der Waals surface area contributed by atoms with Gasteiger partial charge < -0.3 is 10.4 Å². The first-order chi connectivity index (χ1) is 10.1. The second-order valence-corrected chi connectivity index (χ2v) is 5.69. The van der Waals surface area contributed by atoms with Gasteiger partial charge in [-0.2, -0.15) is 13.2 Å². The lowest BCUT2D eigenvalue weighted by Gasteiger charge is -2.36. The highest BCUT2D eigenvalue weighted by molar-refractivity contribution is 5.95. The molecule has 0 spiro atoms. The molecule has 0 aromatic heterocycles. The van der Waals surface area contributed by atoms with Gasteiger partial charge in [-0.05, 0) is 37.5 Å². The Morgan fingerprint density at radius 2 is 1.95 bits per heavy atom. The van der Waals surface area contributed by atoms with Crippen molar-refractivity contribution in [1.29, 1.82) is 0 Å². The van der Waals surface area contributed by atoms with Crippen molar-refractivity contribution in [2.24, 2.45) is 5.41 Å². The Morgan fingerprint density at radius 1 is 1.32 bits per heavy atom. The molecule has 0 heterocycles. The maximum absolute atomic E-state index is 12.7. The predicted octanol–water partition coefficient (Wildman–Crippen LogP) is 3.60. The van der Waals surface area contributed by atoms with Gasteiger partial charge in [0.05, 0.1) is 11.0 Å². The molecule has 1 aliphatic carbocycles. The summed E-state index contributed by atoms with van der Waals surface area (Å²) in [4.78, 5) is 23.2. The number of carboxylic acids is 1. The minimum absolute atomic E-state index is 0.0553. The van der Waals surface area contributed by atoms with Crippen LogP contribution in [0.2, 0.25) is 0 Å². The molecular weight excluding hydrogens is 299 g/mol. The summed E-state index contributed by atoms with van der Waals surface area (Å²) in [6, 6.07) is 3.08. The number of carbonyl (C=O) groups excluding carboxylic acids is 1. The van der Waals surface area contributed by atoms with Crippen LogP contribution >= 0.6 is 0 Å². The Bertz CT molecular complexity index is 607. The van der Waals surface area contributed by atoms with Crippen LogP contribution in [0.5, 0.6) is 0 Å². The first-order valence-electron chi connectivity index (χ1n) is 6.85. The van der Waals surface area contributed by atoms with Gasteiger partial charge in [0.2, 0.25) is 5.91 Å². The third-order valence-corrected chi connectivity index (χ3v) is 4.10. The summed E-state index contributed by atoms with van der Waals surface area (Å²) in [5.74, 6) is -1.61. The highest BCUT2D eigenvalue weighted by Crippen LogP contribution is 2.44. The van der Waals surface area contributed by atoms with Crippen LogP contribution in [0.25, 0.3) is 0 Å². The molecule has 7 heteroatoms. The molecule has 2 N–H and O–H groups in total. The van der Waals surface area contributed by atoms with Gasteiger partial charge in [-0.1, -0.05) is 12.5 Å². The minimum atomic E-state index is -4.50. The number of alkyl halides is 3. The SMILES string of the molecule is Cc1ccc(C(F)(F)F)cc1NC(=O)CC1(C(=O)O)CCC1. The van der Waals surface area contributed by atoms with E-state index in [1.807, 2.05) is 0 Å². The van der Waals surface area contributed by atoms with Gasteiger partial charge in [0, 0.05) is 12.1 Å². The largest absolute Gasteiger partial charge is 0.481 e. The van der Waals surface area contributed by atoms with Crippen molar-refractivity contribution in [3.63, 3.8) is 0 Å².